The number of aromatic nitrogens is 4. The Morgan fingerprint density at radius 3 is 3.00 bits per heavy atom. The minimum Gasteiger partial charge on any atom is -0.372 e. The number of nitrogens with zero attached hydrogens (tertiary/aromatic N) is 5. The van der Waals surface area contributed by atoms with Gasteiger partial charge in [0.2, 0.25) is 0 Å². The third kappa shape index (κ3) is 2.46. The molecule has 0 aliphatic carbocycles. The van der Waals surface area contributed by atoms with Gasteiger partial charge in [-0.2, -0.15) is 5.10 Å². The number of anilines is 1. The highest BCUT2D eigenvalue weighted by Crippen LogP contribution is 2.32. The number of aryl methyl sites for hydroxylation is 1. The molecule has 1 unspecified atom stereocenters. The van der Waals surface area contributed by atoms with E-state index in [4.69, 9.17) is 0 Å². The Bertz CT molecular complexity index is 652. The van der Waals surface area contributed by atoms with Crippen molar-refractivity contribution in [2.45, 2.75) is 18.9 Å². The van der Waals surface area contributed by atoms with E-state index in [1.54, 1.807) is 43.4 Å². The van der Waals surface area contributed by atoms with Crippen molar-refractivity contribution in [2.75, 3.05) is 18.9 Å². The summed E-state index contributed by atoms with van der Waals surface area (Å²) in [4.78, 5) is 23.2. The van der Waals surface area contributed by atoms with E-state index in [0.717, 1.165) is 25.1 Å². The number of likely N-dealkylation sites (tertiary alicyclic amines) is 1. The predicted molar refractivity (Wildman–Crippen MR) is 77.8 cm³/mol. The molecule has 0 bridgehead atoms. The third-order valence-electron chi connectivity index (χ3n) is 3.80. The lowest BCUT2D eigenvalue weighted by Gasteiger charge is -2.24. The molecule has 1 aliphatic heterocycles. The van der Waals surface area contributed by atoms with Crippen molar-refractivity contribution < 1.29 is 4.79 Å². The molecule has 1 amide bonds. The van der Waals surface area contributed by atoms with Gasteiger partial charge in [-0.15, -0.1) is 0 Å². The summed E-state index contributed by atoms with van der Waals surface area (Å²) in [7, 11) is 3.58. The molecule has 7 heteroatoms. The van der Waals surface area contributed by atoms with E-state index in [9.17, 15) is 4.79 Å². The zero-order valence-electron chi connectivity index (χ0n) is 12.2. The standard InChI is InChI=1S/C14H18N6O/c1-15-13-9-16-8-10(18-13)11-4-3-7-20(11)14(21)12-5-6-17-19(12)2/h5-6,8-9,11H,3-4,7H2,1-2H3,(H,15,18). The van der Waals surface area contributed by atoms with Gasteiger partial charge in [0, 0.05) is 26.8 Å². The number of rotatable bonds is 3. The molecule has 7 nitrogen and oxygen atoms in total. The van der Waals surface area contributed by atoms with E-state index < -0.39 is 0 Å². The van der Waals surface area contributed by atoms with Crippen molar-refractivity contribution in [2.24, 2.45) is 7.05 Å². The molecule has 21 heavy (non-hydrogen) atoms. The number of hydrogen-bond donors (Lipinski definition) is 1. The van der Waals surface area contributed by atoms with Gasteiger partial charge in [-0.1, -0.05) is 0 Å². The molecule has 1 atom stereocenters. The molecule has 0 aromatic carbocycles. The van der Waals surface area contributed by atoms with Crippen molar-refractivity contribution in [3.8, 4) is 0 Å². The van der Waals surface area contributed by atoms with Crippen molar-refractivity contribution in [3.63, 3.8) is 0 Å². The summed E-state index contributed by atoms with van der Waals surface area (Å²) in [5.74, 6) is 0.710. The summed E-state index contributed by atoms with van der Waals surface area (Å²) < 4.78 is 1.60. The summed E-state index contributed by atoms with van der Waals surface area (Å²) >= 11 is 0. The highest BCUT2D eigenvalue weighted by atomic mass is 16.2. The fourth-order valence-electron chi connectivity index (χ4n) is 2.71. The van der Waals surface area contributed by atoms with Crippen LogP contribution in [0.25, 0.3) is 0 Å². The van der Waals surface area contributed by atoms with Gasteiger partial charge in [-0.3, -0.25) is 14.5 Å². The average Bonchev–Trinajstić information content (AvgIpc) is 3.15. The van der Waals surface area contributed by atoms with Crippen LogP contribution in [0.3, 0.4) is 0 Å². The molecule has 2 aromatic rings. The van der Waals surface area contributed by atoms with Gasteiger partial charge >= 0.3 is 0 Å². The maximum Gasteiger partial charge on any atom is 0.272 e. The predicted octanol–water partition coefficient (Wildman–Crippen LogP) is 1.23. The molecule has 110 valence electrons. The summed E-state index contributed by atoms with van der Waals surface area (Å²) in [6, 6.07) is 1.72. The molecule has 0 saturated carbocycles. The minimum atomic E-state index is -0.0202. The molecule has 3 rings (SSSR count). The zero-order chi connectivity index (χ0) is 14.8. The van der Waals surface area contributed by atoms with Crippen LogP contribution in [0.5, 0.6) is 0 Å². The number of amides is 1. The van der Waals surface area contributed by atoms with Gasteiger partial charge in [-0.05, 0) is 18.9 Å². The van der Waals surface area contributed by atoms with E-state index >= 15 is 0 Å². The molecular formula is C14H18N6O. The topological polar surface area (TPSA) is 75.9 Å². The van der Waals surface area contributed by atoms with Crippen LogP contribution in [-0.2, 0) is 7.05 Å². The maximum absolute atomic E-state index is 12.7. The SMILES string of the molecule is CNc1cncc(C2CCCN2C(=O)c2ccnn2C)n1. The molecular weight excluding hydrogens is 268 g/mol. The first-order valence-electron chi connectivity index (χ1n) is 6.99. The van der Waals surface area contributed by atoms with Gasteiger partial charge in [0.15, 0.2) is 0 Å². The lowest BCUT2D eigenvalue weighted by molar-refractivity contribution is 0.0721. The van der Waals surface area contributed by atoms with E-state index in [1.807, 2.05) is 4.90 Å². The second-order valence-corrected chi connectivity index (χ2v) is 5.08. The van der Waals surface area contributed by atoms with Crippen molar-refractivity contribution in [1.29, 1.82) is 0 Å². The minimum absolute atomic E-state index is 0.00541. The Labute approximate surface area is 123 Å². The van der Waals surface area contributed by atoms with Crippen molar-refractivity contribution in [1.82, 2.24) is 24.6 Å². The highest BCUT2D eigenvalue weighted by Gasteiger charge is 2.32. The van der Waals surface area contributed by atoms with E-state index in [0.29, 0.717) is 11.5 Å². The Morgan fingerprint density at radius 1 is 1.43 bits per heavy atom. The van der Waals surface area contributed by atoms with Crippen LogP contribution in [0.4, 0.5) is 5.82 Å². The average molecular weight is 286 g/mol. The fraction of sp³-hybridized carbons (Fsp3) is 0.429. The maximum atomic E-state index is 12.7. The Balaban J connectivity index is 1.88. The van der Waals surface area contributed by atoms with Gasteiger partial charge in [-0.25, -0.2) is 4.98 Å². The molecule has 0 radical (unpaired) electrons. The van der Waals surface area contributed by atoms with Crippen LogP contribution in [-0.4, -0.2) is 44.1 Å². The monoisotopic (exact) mass is 286 g/mol. The van der Waals surface area contributed by atoms with Gasteiger partial charge in [0.1, 0.15) is 11.5 Å². The zero-order valence-corrected chi connectivity index (χ0v) is 12.2. The van der Waals surface area contributed by atoms with E-state index in [-0.39, 0.29) is 11.9 Å². The van der Waals surface area contributed by atoms with Crippen LogP contribution >= 0.6 is 0 Å². The van der Waals surface area contributed by atoms with Crippen LogP contribution in [0.2, 0.25) is 0 Å². The van der Waals surface area contributed by atoms with Crippen LogP contribution < -0.4 is 5.32 Å². The summed E-state index contributed by atoms with van der Waals surface area (Å²) in [6.07, 6.45) is 6.93. The Hall–Kier alpha value is -2.44. The first kappa shape index (κ1) is 13.5. The lowest BCUT2D eigenvalue weighted by atomic mass is 10.1. The summed E-state index contributed by atoms with van der Waals surface area (Å²) in [6.45, 7) is 0.736. The summed E-state index contributed by atoms with van der Waals surface area (Å²) in [5.41, 5.74) is 1.43. The van der Waals surface area contributed by atoms with Gasteiger partial charge < -0.3 is 10.2 Å². The number of nitrogens with one attached hydrogen (secondary N) is 1. The number of carbonyl (C=O) groups is 1. The second-order valence-electron chi connectivity index (χ2n) is 5.08. The largest absolute Gasteiger partial charge is 0.372 e. The number of hydrogen-bond acceptors (Lipinski definition) is 5. The Morgan fingerprint density at radius 2 is 2.29 bits per heavy atom. The van der Waals surface area contributed by atoms with E-state index in [1.165, 1.54) is 0 Å². The quantitative estimate of drug-likeness (QED) is 0.918. The molecule has 0 spiro atoms. The number of carbonyl (C=O) groups excluding carboxylic acids is 1. The molecule has 2 aromatic heterocycles. The van der Waals surface area contributed by atoms with Crippen LogP contribution in [0.15, 0.2) is 24.7 Å². The summed E-state index contributed by atoms with van der Waals surface area (Å²) in [5, 5.41) is 7.05. The molecule has 3 heterocycles. The lowest BCUT2D eigenvalue weighted by Crippen LogP contribution is -2.32. The van der Waals surface area contributed by atoms with Crippen molar-refractivity contribution in [3.05, 3.63) is 36.0 Å². The van der Waals surface area contributed by atoms with Gasteiger partial charge in [0.05, 0.1) is 24.1 Å². The molecule has 1 fully saturated rings. The molecule has 1 saturated heterocycles. The Kier molecular flexibility index (Phi) is 3.55. The molecule has 1 N–H and O–H groups in total. The smallest absolute Gasteiger partial charge is 0.272 e. The normalized spacial score (nSPS) is 18.0. The first-order valence-corrected chi connectivity index (χ1v) is 6.99. The van der Waals surface area contributed by atoms with Crippen LogP contribution in [0, 0.1) is 0 Å². The molecule has 1 aliphatic rings. The van der Waals surface area contributed by atoms with Gasteiger partial charge in [0.25, 0.3) is 5.91 Å². The fourth-order valence-corrected chi connectivity index (χ4v) is 2.71. The van der Waals surface area contributed by atoms with Crippen LogP contribution in [0.1, 0.15) is 35.1 Å². The first-order chi connectivity index (χ1) is 10.2. The second kappa shape index (κ2) is 5.51. The van der Waals surface area contributed by atoms with Crippen molar-refractivity contribution >= 4 is 11.7 Å². The highest BCUT2D eigenvalue weighted by molar-refractivity contribution is 5.93. The third-order valence-corrected chi connectivity index (χ3v) is 3.80. The van der Waals surface area contributed by atoms with E-state index in [2.05, 4.69) is 20.4 Å².